The maximum atomic E-state index is 12.3. The lowest BCUT2D eigenvalue weighted by Gasteiger charge is -2.30. The van der Waals surface area contributed by atoms with E-state index in [1.54, 1.807) is 6.07 Å². The summed E-state index contributed by atoms with van der Waals surface area (Å²) in [5.41, 5.74) is 8.40. The van der Waals surface area contributed by atoms with Gasteiger partial charge in [-0.3, -0.25) is 0 Å². The first kappa shape index (κ1) is 24.3. The maximum Gasteiger partial charge on any atom is 0.336 e. The minimum absolute atomic E-state index is 0.0845. The molecule has 0 saturated heterocycles. The summed E-state index contributed by atoms with van der Waals surface area (Å²) in [6.45, 7) is 13.7. The molecular weight excluding hydrogens is 447 g/mol. The summed E-state index contributed by atoms with van der Waals surface area (Å²) in [5.74, 6) is -0.802. The molecule has 0 aromatic heterocycles. The number of fused-ring (bicyclic) bond motifs is 4. The third-order valence-corrected chi connectivity index (χ3v) is 9.34. The number of benzene rings is 3. The van der Waals surface area contributed by atoms with Gasteiger partial charge in [-0.2, -0.15) is 0 Å². The lowest BCUT2D eigenvalue weighted by Crippen LogP contribution is -2.29. The van der Waals surface area contributed by atoms with E-state index in [9.17, 15) is 9.90 Å². The highest BCUT2D eigenvalue weighted by Gasteiger charge is 2.47. The summed E-state index contributed by atoms with van der Waals surface area (Å²) in [6.07, 6.45) is 4.00. The normalized spacial score (nSPS) is 19.5. The van der Waals surface area contributed by atoms with Gasteiger partial charge in [0.25, 0.3) is 0 Å². The topological polar surface area (TPSA) is 37.3 Å². The molecule has 2 aliphatic rings. The Hall–Kier alpha value is -2.44. The quantitative estimate of drug-likeness (QED) is 0.416. The average molecular weight is 485 g/mol. The number of hydrogen-bond acceptors (Lipinski definition) is 1. The van der Waals surface area contributed by atoms with Crippen LogP contribution in [0.2, 0.25) is 0 Å². The second-order valence-electron chi connectivity index (χ2n) is 12.5. The fourth-order valence-electron chi connectivity index (χ4n) is 6.20. The summed E-state index contributed by atoms with van der Waals surface area (Å²) in [4.78, 5) is 12.3. The SMILES string of the molecule is CC(C)(C)c1cc(Pc2cccc3c2[C@]2(CC3)CCc3cccc(C(=O)O)c32)cc(C(C)(C)C)c1. The number of carbonyl (C=O) groups is 1. The van der Waals surface area contributed by atoms with Crippen LogP contribution in [-0.4, -0.2) is 11.1 Å². The molecule has 0 amide bonds. The summed E-state index contributed by atoms with van der Waals surface area (Å²) >= 11 is 0. The van der Waals surface area contributed by atoms with Gasteiger partial charge in [-0.15, -0.1) is 0 Å². The van der Waals surface area contributed by atoms with Crippen molar-refractivity contribution in [3.05, 3.63) is 93.5 Å². The third kappa shape index (κ3) is 4.15. The number of rotatable bonds is 3. The Morgan fingerprint density at radius 3 is 1.89 bits per heavy atom. The molecule has 1 N–H and O–H groups in total. The fraction of sp³-hybridized carbons (Fsp3) is 0.406. The Morgan fingerprint density at radius 1 is 0.800 bits per heavy atom. The Balaban J connectivity index is 1.66. The molecule has 3 aromatic rings. The summed E-state index contributed by atoms with van der Waals surface area (Å²) in [5, 5.41) is 12.8. The maximum absolute atomic E-state index is 12.3. The number of aryl methyl sites for hydroxylation is 2. The van der Waals surface area contributed by atoms with E-state index in [2.05, 4.69) is 84.0 Å². The monoisotopic (exact) mass is 484 g/mol. The molecule has 35 heavy (non-hydrogen) atoms. The van der Waals surface area contributed by atoms with E-state index in [4.69, 9.17) is 0 Å². The van der Waals surface area contributed by atoms with Gasteiger partial charge in [0, 0.05) is 5.41 Å². The highest BCUT2D eigenvalue weighted by Crippen LogP contribution is 2.53. The molecule has 5 rings (SSSR count). The van der Waals surface area contributed by atoms with Crippen molar-refractivity contribution in [3.63, 3.8) is 0 Å². The van der Waals surface area contributed by atoms with E-state index in [0.29, 0.717) is 14.1 Å². The molecule has 3 heteroatoms. The van der Waals surface area contributed by atoms with Crippen molar-refractivity contribution in [3.8, 4) is 0 Å². The van der Waals surface area contributed by atoms with Crippen molar-refractivity contribution in [1.29, 1.82) is 0 Å². The first-order chi connectivity index (χ1) is 16.4. The first-order valence-electron chi connectivity index (χ1n) is 12.8. The van der Waals surface area contributed by atoms with E-state index in [1.165, 1.54) is 38.4 Å². The molecule has 2 aliphatic carbocycles. The molecule has 182 valence electrons. The summed E-state index contributed by atoms with van der Waals surface area (Å²) < 4.78 is 0. The number of aromatic carboxylic acids is 1. The van der Waals surface area contributed by atoms with Gasteiger partial charge in [0.05, 0.1) is 5.56 Å². The fourth-order valence-corrected chi connectivity index (χ4v) is 7.67. The van der Waals surface area contributed by atoms with Crippen LogP contribution in [0.3, 0.4) is 0 Å². The van der Waals surface area contributed by atoms with Gasteiger partial charge in [-0.05, 0) is 86.6 Å². The molecule has 0 saturated carbocycles. The van der Waals surface area contributed by atoms with Crippen LogP contribution in [0.5, 0.6) is 0 Å². The number of carboxylic acids is 1. The summed E-state index contributed by atoms with van der Waals surface area (Å²) in [7, 11) is 0.551. The largest absolute Gasteiger partial charge is 0.478 e. The Labute approximate surface area is 212 Å². The van der Waals surface area contributed by atoms with E-state index >= 15 is 0 Å². The van der Waals surface area contributed by atoms with Crippen LogP contribution in [0, 0.1) is 0 Å². The van der Waals surface area contributed by atoms with Crippen LogP contribution < -0.4 is 10.6 Å². The van der Waals surface area contributed by atoms with E-state index < -0.39 is 5.97 Å². The zero-order chi connectivity index (χ0) is 25.2. The van der Waals surface area contributed by atoms with Gasteiger partial charge in [0.2, 0.25) is 0 Å². The standard InChI is InChI=1S/C32H37O2P/c1-30(2,3)22-17-23(31(4,5)6)19-24(18-22)35-26-12-8-10-21-14-16-32(28(21)26)15-13-20-9-7-11-25(27(20)32)29(33)34/h7-12,17-19,35H,13-16H2,1-6H3,(H,33,34)/t32-/m0/s1. The number of carboxylic acid groups (broad SMARTS) is 1. The molecule has 1 unspecified atom stereocenters. The van der Waals surface area contributed by atoms with Crippen LogP contribution in [-0.2, 0) is 29.1 Å². The predicted octanol–water partition coefficient (Wildman–Crippen LogP) is 6.79. The molecule has 0 radical (unpaired) electrons. The minimum Gasteiger partial charge on any atom is -0.478 e. The van der Waals surface area contributed by atoms with E-state index in [-0.39, 0.29) is 16.2 Å². The second kappa shape index (κ2) is 8.31. The molecular formula is C32H37O2P. The Kier molecular flexibility index (Phi) is 5.76. The molecule has 0 fully saturated rings. The van der Waals surface area contributed by atoms with Crippen LogP contribution in [0.25, 0.3) is 0 Å². The van der Waals surface area contributed by atoms with Gasteiger partial charge in [0.15, 0.2) is 0 Å². The van der Waals surface area contributed by atoms with Crippen LogP contribution in [0.1, 0.15) is 98.1 Å². The van der Waals surface area contributed by atoms with Crippen LogP contribution in [0.15, 0.2) is 54.6 Å². The van der Waals surface area contributed by atoms with Gasteiger partial charge in [-0.1, -0.05) is 98.7 Å². The molecule has 3 aromatic carbocycles. The van der Waals surface area contributed by atoms with Crippen molar-refractivity contribution in [2.45, 2.75) is 83.5 Å². The van der Waals surface area contributed by atoms with Crippen molar-refractivity contribution >= 4 is 25.2 Å². The zero-order valence-corrected chi connectivity index (χ0v) is 22.9. The highest BCUT2D eigenvalue weighted by molar-refractivity contribution is 7.55. The summed E-state index contributed by atoms with van der Waals surface area (Å²) in [6, 6.07) is 19.8. The van der Waals surface area contributed by atoms with Gasteiger partial charge in [0.1, 0.15) is 0 Å². The smallest absolute Gasteiger partial charge is 0.336 e. The molecule has 0 aliphatic heterocycles. The number of hydrogen-bond donors (Lipinski definition) is 1. The molecule has 2 nitrogen and oxygen atoms in total. The van der Waals surface area contributed by atoms with Gasteiger partial charge >= 0.3 is 5.97 Å². The van der Waals surface area contributed by atoms with E-state index in [0.717, 1.165) is 31.2 Å². The van der Waals surface area contributed by atoms with Gasteiger partial charge < -0.3 is 5.11 Å². The molecule has 2 atom stereocenters. The van der Waals surface area contributed by atoms with Crippen molar-refractivity contribution in [2.75, 3.05) is 0 Å². The minimum atomic E-state index is -0.802. The van der Waals surface area contributed by atoms with Crippen LogP contribution in [0.4, 0.5) is 0 Å². The first-order valence-corrected chi connectivity index (χ1v) is 13.8. The predicted molar refractivity (Wildman–Crippen MR) is 149 cm³/mol. The third-order valence-electron chi connectivity index (χ3n) is 8.08. The van der Waals surface area contributed by atoms with Gasteiger partial charge in [-0.25, -0.2) is 4.79 Å². The van der Waals surface area contributed by atoms with Crippen molar-refractivity contribution in [1.82, 2.24) is 0 Å². The second-order valence-corrected chi connectivity index (χ2v) is 13.9. The van der Waals surface area contributed by atoms with Crippen LogP contribution >= 0.6 is 8.58 Å². The lowest BCUT2D eigenvalue weighted by molar-refractivity contribution is 0.0694. The van der Waals surface area contributed by atoms with E-state index in [1.807, 2.05) is 6.07 Å². The highest BCUT2D eigenvalue weighted by atomic mass is 31.1. The van der Waals surface area contributed by atoms with Crippen molar-refractivity contribution in [2.24, 2.45) is 0 Å². The molecule has 1 spiro atoms. The Morgan fingerprint density at radius 2 is 1.34 bits per heavy atom. The lowest BCUT2D eigenvalue weighted by atomic mass is 9.75. The molecule has 0 heterocycles. The zero-order valence-electron chi connectivity index (χ0n) is 21.9. The van der Waals surface area contributed by atoms with Crippen molar-refractivity contribution < 1.29 is 9.90 Å². The molecule has 0 bridgehead atoms. The Bertz CT molecular complexity index is 1290. The average Bonchev–Trinajstić information content (AvgIpc) is 3.35.